The molecule has 1 N–H and O–H groups in total. The van der Waals surface area contributed by atoms with Crippen LogP contribution in [0.4, 0.5) is 0 Å². The second kappa shape index (κ2) is 10.1. The predicted octanol–water partition coefficient (Wildman–Crippen LogP) is 3.47. The van der Waals surface area contributed by atoms with E-state index in [1.54, 1.807) is 6.92 Å². The molecule has 2 atom stereocenters. The van der Waals surface area contributed by atoms with Crippen LogP contribution in [0.25, 0.3) is 0 Å². The van der Waals surface area contributed by atoms with Crippen LogP contribution >= 0.6 is 0 Å². The van der Waals surface area contributed by atoms with Crippen molar-refractivity contribution in [1.29, 1.82) is 0 Å². The number of ether oxygens (including phenoxy) is 3. The monoisotopic (exact) mass is 369 g/mol. The van der Waals surface area contributed by atoms with Gasteiger partial charge in [0.2, 0.25) is 5.91 Å². The lowest BCUT2D eigenvalue weighted by molar-refractivity contribution is -0.132. The molecule has 1 saturated heterocycles. The smallest absolute Gasteiger partial charge is 0.249 e. The van der Waals surface area contributed by atoms with Gasteiger partial charge >= 0.3 is 0 Å². The molecule has 0 radical (unpaired) electrons. The van der Waals surface area contributed by atoms with Gasteiger partial charge in [0.15, 0.2) is 0 Å². The van der Waals surface area contributed by atoms with Crippen LogP contribution in [0.1, 0.15) is 30.9 Å². The van der Waals surface area contributed by atoms with E-state index in [2.05, 4.69) is 5.32 Å². The minimum absolute atomic E-state index is 0.121. The highest BCUT2D eigenvalue weighted by Crippen LogP contribution is 2.16. The van der Waals surface area contributed by atoms with E-state index in [0.717, 1.165) is 36.3 Å². The van der Waals surface area contributed by atoms with Gasteiger partial charge in [0.1, 0.15) is 18.5 Å². The summed E-state index contributed by atoms with van der Waals surface area (Å²) >= 11 is 0. The fraction of sp³-hybridized carbons (Fsp3) is 0.409. The molecule has 27 heavy (non-hydrogen) atoms. The van der Waals surface area contributed by atoms with Crippen molar-refractivity contribution in [2.45, 2.75) is 45.1 Å². The van der Waals surface area contributed by atoms with E-state index in [1.165, 1.54) is 0 Å². The first-order valence-electron chi connectivity index (χ1n) is 9.47. The van der Waals surface area contributed by atoms with Gasteiger partial charge < -0.3 is 19.5 Å². The molecule has 1 aliphatic heterocycles. The number of nitrogens with one attached hydrogen (secondary N) is 1. The van der Waals surface area contributed by atoms with Gasteiger partial charge in [-0.2, -0.15) is 0 Å². The molecule has 0 saturated carbocycles. The van der Waals surface area contributed by atoms with Crippen molar-refractivity contribution >= 4 is 5.91 Å². The summed E-state index contributed by atoms with van der Waals surface area (Å²) in [5, 5.41) is 2.91. The van der Waals surface area contributed by atoms with Gasteiger partial charge in [0.25, 0.3) is 0 Å². The fourth-order valence-corrected chi connectivity index (χ4v) is 2.87. The molecule has 0 aliphatic carbocycles. The molecule has 2 aromatic carbocycles. The first-order valence-corrected chi connectivity index (χ1v) is 9.47. The van der Waals surface area contributed by atoms with Gasteiger partial charge in [-0.1, -0.05) is 42.5 Å². The second-order valence-electron chi connectivity index (χ2n) is 6.75. The summed E-state index contributed by atoms with van der Waals surface area (Å²) in [5.74, 6) is 0.699. The van der Waals surface area contributed by atoms with Crippen LogP contribution in [-0.2, 0) is 27.4 Å². The Morgan fingerprint density at radius 1 is 1.15 bits per heavy atom. The number of hydrogen-bond acceptors (Lipinski definition) is 4. The minimum atomic E-state index is -0.501. The zero-order valence-electron chi connectivity index (χ0n) is 15.7. The lowest BCUT2D eigenvalue weighted by Gasteiger charge is -2.14. The van der Waals surface area contributed by atoms with E-state index in [0.29, 0.717) is 19.8 Å². The summed E-state index contributed by atoms with van der Waals surface area (Å²) in [4.78, 5) is 12.2. The Labute approximate surface area is 160 Å². The van der Waals surface area contributed by atoms with Crippen LogP contribution < -0.4 is 10.1 Å². The third-order valence-electron chi connectivity index (χ3n) is 4.56. The van der Waals surface area contributed by atoms with Gasteiger partial charge in [-0.3, -0.25) is 4.79 Å². The van der Waals surface area contributed by atoms with E-state index in [-0.39, 0.29) is 12.0 Å². The molecule has 0 spiro atoms. The minimum Gasteiger partial charge on any atom is -0.491 e. The lowest BCUT2D eigenvalue weighted by atomic mass is 10.2. The lowest BCUT2D eigenvalue weighted by Crippen LogP contribution is -2.34. The Balaban J connectivity index is 1.37. The molecule has 1 fully saturated rings. The van der Waals surface area contributed by atoms with Crippen molar-refractivity contribution in [3.63, 3.8) is 0 Å². The number of hydrogen-bond donors (Lipinski definition) is 1. The highest BCUT2D eigenvalue weighted by Gasteiger charge is 2.16. The fourth-order valence-electron chi connectivity index (χ4n) is 2.87. The maximum Gasteiger partial charge on any atom is 0.249 e. The van der Waals surface area contributed by atoms with Crippen molar-refractivity contribution in [2.24, 2.45) is 0 Å². The van der Waals surface area contributed by atoms with Crippen molar-refractivity contribution < 1.29 is 19.0 Å². The average molecular weight is 369 g/mol. The third-order valence-corrected chi connectivity index (χ3v) is 4.56. The molecule has 0 bridgehead atoms. The van der Waals surface area contributed by atoms with Crippen molar-refractivity contribution in [3.05, 3.63) is 65.7 Å². The molecule has 0 aromatic heterocycles. The molecule has 5 heteroatoms. The molecule has 1 heterocycles. The van der Waals surface area contributed by atoms with Crippen molar-refractivity contribution in [1.82, 2.24) is 5.32 Å². The van der Waals surface area contributed by atoms with Crippen LogP contribution in [0.3, 0.4) is 0 Å². The van der Waals surface area contributed by atoms with Gasteiger partial charge in [0, 0.05) is 13.2 Å². The first kappa shape index (κ1) is 19.4. The van der Waals surface area contributed by atoms with Crippen LogP contribution in [-0.4, -0.2) is 31.3 Å². The Hall–Kier alpha value is -2.37. The Kier molecular flexibility index (Phi) is 7.25. The predicted molar refractivity (Wildman–Crippen MR) is 103 cm³/mol. The number of carbonyl (C=O) groups excluding carboxylic acids is 1. The van der Waals surface area contributed by atoms with Crippen LogP contribution in [0.2, 0.25) is 0 Å². The highest BCUT2D eigenvalue weighted by molar-refractivity contribution is 5.80. The van der Waals surface area contributed by atoms with Gasteiger partial charge in [-0.05, 0) is 43.0 Å². The quantitative estimate of drug-likeness (QED) is 0.735. The molecule has 3 rings (SSSR count). The maximum atomic E-state index is 12.2. The van der Waals surface area contributed by atoms with Crippen molar-refractivity contribution in [3.8, 4) is 5.75 Å². The summed E-state index contributed by atoms with van der Waals surface area (Å²) in [5.41, 5.74) is 2.07. The van der Waals surface area contributed by atoms with Crippen LogP contribution in [0, 0.1) is 0 Å². The van der Waals surface area contributed by atoms with Crippen LogP contribution in [0.5, 0.6) is 5.75 Å². The first-order chi connectivity index (χ1) is 13.2. The summed E-state index contributed by atoms with van der Waals surface area (Å²) in [6, 6.07) is 17.6. The van der Waals surface area contributed by atoms with E-state index >= 15 is 0 Å². The van der Waals surface area contributed by atoms with E-state index in [4.69, 9.17) is 14.2 Å². The molecule has 144 valence electrons. The SMILES string of the molecule is CC(OCc1ccccc1)C(=O)NCc1ccc(OCC2CCCO2)cc1. The summed E-state index contributed by atoms with van der Waals surface area (Å²) in [7, 11) is 0. The zero-order valence-corrected chi connectivity index (χ0v) is 15.7. The largest absolute Gasteiger partial charge is 0.491 e. The van der Waals surface area contributed by atoms with Crippen molar-refractivity contribution in [2.75, 3.05) is 13.2 Å². The molecule has 2 aromatic rings. The molecule has 1 amide bonds. The van der Waals surface area contributed by atoms with E-state index in [1.807, 2.05) is 54.6 Å². The average Bonchev–Trinajstić information content (AvgIpc) is 3.24. The topological polar surface area (TPSA) is 56.8 Å². The molecular formula is C22H27NO4. The van der Waals surface area contributed by atoms with E-state index < -0.39 is 6.10 Å². The summed E-state index contributed by atoms with van der Waals surface area (Å²) in [6.45, 7) is 4.07. The van der Waals surface area contributed by atoms with Crippen LogP contribution in [0.15, 0.2) is 54.6 Å². The third kappa shape index (κ3) is 6.38. The summed E-state index contributed by atoms with van der Waals surface area (Å²) in [6.07, 6.45) is 1.88. The van der Waals surface area contributed by atoms with Gasteiger partial charge in [-0.25, -0.2) is 0 Å². The number of amides is 1. The Bertz CT molecular complexity index is 696. The Morgan fingerprint density at radius 3 is 2.63 bits per heavy atom. The molecule has 2 unspecified atom stereocenters. The highest BCUT2D eigenvalue weighted by atomic mass is 16.5. The van der Waals surface area contributed by atoms with Gasteiger partial charge in [0.05, 0.1) is 12.7 Å². The second-order valence-corrected chi connectivity index (χ2v) is 6.75. The Morgan fingerprint density at radius 2 is 1.93 bits per heavy atom. The number of carbonyl (C=O) groups is 1. The molecular weight excluding hydrogens is 342 g/mol. The number of benzene rings is 2. The normalized spacial score (nSPS) is 17.4. The zero-order chi connectivity index (χ0) is 18.9. The standard InChI is InChI=1S/C22H27NO4/c1-17(26-15-19-6-3-2-4-7-19)22(24)23-14-18-9-11-20(12-10-18)27-16-21-8-5-13-25-21/h2-4,6-7,9-12,17,21H,5,8,13-16H2,1H3,(H,23,24). The van der Waals surface area contributed by atoms with Gasteiger partial charge in [-0.15, -0.1) is 0 Å². The summed E-state index contributed by atoms with van der Waals surface area (Å²) < 4.78 is 16.9. The molecule has 1 aliphatic rings. The van der Waals surface area contributed by atoms with E-state index in [9.17, 15) is 4.79 Å². The number of rotatable bonds is 9. The maximum absolute atomic E-state index is 12.2. The molecule has 5 nitrogen and oxygen atoms in total.